The molecule has 1 heterocycles. The number of thiazole rings is 1. The third kappa shape index (κ3) is 2.75. The zero-order chi connectivity index (χ0) is 13.9. The van der Waals surface area contributed by atoms with Gasteiger partial charge in [0.25, 0.3) is 5.91 Å². The minimum atomic E-state index is -0.0149. The number of nitrogens with one attached hydrogen (secondary N) is 1. The Labute approximate surface area is 122 Å². The Morgan fingerprint density at radius 1 is 1.40 bits per heavy atom. The van der Waals surface area contributed by atoms with E-state index in [0.29, 0.717) is 5.56 Å². The van der Waals surface area contributed by atoms with Crippen LogP contribution in [0, 0.1) is 0 Å². The normalized spacial score (nSPS) is 16.8. The number of hydrogen-bond donors (Lipinski definition) is 1. The number of rotatable bonds is 3. The molecule has 20 heavy (non-hydrogen) atoms. The van der Waals surface area contributed by atoms with Crippen molar-refractivity contribution in [3.05, 3.63) is 40.9 Å². The molecule has 0 spiro atoms. The summed E-state index contributed by atoms with van der Waals surface area (Å²) in [7, 11) is 0. The highest BCUT2D eigenvalue weighted by molar-refractivity contribution is 7.16. The molecular formula is C16H18N2OS. The molecule has 0 saturated carbocycles. The summed E-state index contributed by atoms with van der Waals surface area (Å²) in [5, 5.41) is 3.09. The lowest BCUT2D eigenvalue weighted by Gasteiger charge is -2.20. The van der Waals surface area contributed by atoms with Gasteiger partial charge < -0.3 is 5.32 Å². The minimum absolute atomic E-state index is 0.0149. The fraction of sp³-hybridized carbons (Fsp3) is 0.375. The van der Waals surface area contributed by atoms with Crippen LogP contribution in [0.5, 0.6) is 0 Å². The first-order valence-corrected chi connectivity index (χ1v) is 7.95. The van der Waals surface area contributed by atoms with Gasteiger partial charge in [0.2, 0.25) is 0 Å². The van der Waals surface area contributed by atoms with Crippen LogP contribution in [0.4, 0.5) is 0 Å². The van der Waals surface area contributed by atoms with Gasteiger partial charge >= 0.3 is 0 Å². The van der Waals surface area contributed by atoms with Crippen LogP contribution in [0.2, 0.25) is 0 Å². The van der Waals surface area contributed by atoms with Gasteiger partial charge in [-0.25, -0.2) is 4.98 Å². The fourth-order valence-corrected chi connectivity index (χ4v) is 3.29. The molecule has 4 heteroatoms. The number of benzene rings is 1. The number of nitrogens with zero attached hydrogens (tertiary/aromatic N) is 1. The first kappa shape index (κ1) is 13.3. The Morgan fingerprint density at radius 2 is 2.30 bits per heavy atom. The van der Waals surface area contributed by atoms with Crippen molar-refractivity contribution in [3.8, 4) is 0 Å². The third-order valence-electron chi connectivity index (χ3n) is 3.82. The van der Waals surface area contributed by atoms with E-state index in [-0.39, 0.29) is 11.9 Å². The lowest BCUT2D eigenvalue weighted by molar-refractivity contribution is 0.0944. The van der Waals surface area contributed by atoms with Gasteiger partial charge in [-0.1, -0.05) is 11.6 Å². The van der Waals surface area contributed by atoms with Gasteiger partial charge in [0, 0.05) is 11.6 Å². The Hall–Kier alpha value is -1.68. The van der Waals surface area contributed by atoms with Crippen molar-refractivity contribution >= 4 is 27.5 Å². The molecule has 0 bridgehead atoms. The summed E-state index contributed by atoms with van der Waals surface area (Å²) in [4.78, 5) is 16.6. The number of fused-ring (bicyclic) bond motifs is 1. The molecule has 0 saturated heterocycles. The van der Waals surface area contributed by atoms with Crippen LogP contribution in [-0.4, -0.2) is 16.9 Å². The average Bonchev–Trinajstić information content (AvgIpc) is 2.95. The molecule has 3 nitrogen and oxygen atoms in total. The van der Waals surface area contributed by atoms with Crippen LogP contribution >= 0.6 is 11.3 Å². The molecule has 1 aliphatic rings. The Kier molecular flexibility index (Phi) is 3.83. The summed E-state index contributed by atoms with van der Waals surface area (Å²) in [6.07, 6.45) is 7.02. The van der Waals surface area contributed by atoms with Crippen molar-refractivity contribution in [2.24, 2.45) is 0 Å². The summed E-state index contributed by atoms with van der Waals surface area (Å²) in [5.41, 5.74) is 4.75. The van der Waals surface area contributed by atoms with E-state index in [9.17, 15) is 4.79 Å². The van der Waals surface area contributed by atoms with E-state index in [4.69, 9.17) is 0 Å². The molecule has 1 amide bonds. The fourth-order valence-electron chi connectivity index (χ4n) is 2.63. The predicted octanol–water partition coefficient (Wildman–Crippen LogP) is 3.92. The number of amides is 1. The molecule has 1 aromatic carbocycles. The molecule has 3 rings (SSSR count). The topological polar surface area (TPSA) is 42.0 Å². The first-order valence-electron chi connectivity index (χ1n) is 7.07. The maximum Gasteiger partial charge on any atom is 0.251 e. The maximum absolute atomic E-state index is 12.3. The molecule has 1 N–H and O–H groups in total. The van der Waals surface area contributed by atoms with Crippen molar-refractivity contribution in [1.29, 1.82) is 0 Å². The van der Waals surface area contributed by atoms with Gasteiger partial charge in [0.15, 0.2) is 0 Å². The molecule has 0 fully saturated rings. The van der Waals surface area contributed by atoms with Gasteiger partial charge in [-0.3, -0.25) is 4.79 Å². The van der Waals surface area contributed by atoms with Gasteiger partial charge in [0.05, 0.1) is 15.7 Å². The molecule has 1 aromatic heterocycles. The van der Waals surface area contributed by atoms with Crippen molar-refractivity contribution < 1.29 is 4.79 Å². The second-order valence-electron chi connectivity index (χ2n) is 5.25. The second kappa shape index (κ2) is 5.75. The smallest absolute Gasteiger partial charge is 0.251 e. The number of hydrogen-bond acceptors (Lipinski definition) is 3. The highest BCUT2D eigenvalue weighted by Crippen LogP contribution is 2.21. The summed E-state index contributed by atoms with van der Waals surface area (Å²) in [6, 6.07) is 5.82. The standard InChI is InChI=1S/C16H18N2OS/c1-11(12-5-3-2-4-6-12)18-16(19)13-7-8-15-14(9-13)17-10-20-15/h5,7-11H,2-4,6H2,1H3,(H,18,19)/t11-/m0/s1. The molecule has 1 aliphatic carbocycles. The molecular weight excluding hydrogens is 268 g/mol. The zero-order valence-corrected chi connectivity index (χ0v) is 12.4. The second-order valence-corrected chi connectivity index (χ2v) is 6.14. The minimum Gasteiger partial charge on any atom is -0.346 e. The predicted molar refractivity (Wildman–Crippen MR) is 83.1 cm³/mol. The van der Waals surface area contributed by atoms with Crippen LogP contribution in [0.15, 0.2) is 35.4 Å². The van der Waals surface area contributed by atoms with Crippen molar-refractivity contribution in [1.82, 2.24) is 10.3 Å². The molecule has 1 atom stereocenters. The monoisotopic (exact) mass is 286 g/mol. The Morgan fingerprint density at radius 3 is 3.10 bits per heavy atom. The van der Waals surface area contributed by atoms with E-state index >= 15 is 0 Å². The summed E-state index contributed by atoms with van der Waals surface area (Å²) in [6.45, 7) is 2.07. The quantitative estimate of drug-likeness (QED) is 0.869. The summed E-state index contributed by atoms with van der Waals surface area (Å²) in [5.74, 6) is -0.0149. The molecule has 0 radical (unpaired) electrons. The highest BCUT2D eigenvalue weighted by Gasteiger charge is 2.15. The van der Waals surface area contributed by atoms with E-state index in [2.05, 4.69) is 23.3 Å². The van der Waals surface area contributed by atoms with Gasteiger partial charge in [-0.2, -0.15) is 0 Å². The van der Waals surface area contributed by atoms with Crippen molar-refractivity contribution in [3.63, 3.8) is 0 Å². The first-order chi connectivity index (χ1) is 9.74. The largest absolute Gasteiger partial charge is 0.346 e. The van der Waals surface area contributed by atoms with E-state index < -0.39 is 0 Å². The van der Waals surface area contributed by atoms with E-state index in [1.165, 1.54) is 18.4 Å². The van der Waals surface area contributed by atoms with Crippen LogP contribution in [-0.2, 0) is 0 Å². The van der Waals surface area contributed by atoms with Crippen molar-refractivity contribution in [2.75, 3.05) is 0 Å². The molecule has 0 unspecified atom stereocenters. The number of carbonyl (C=O) groups is 1. The molecule has 104 valence electrons. The molecule has 0 aliphatic heterocycles. The van der Waals surface area contributed by atoms with Gasteiger partial charge in [-0.05, 0) is 50.8 Å². The van der Waals surface area contributed by atoms with E-state index in [1.807, 2.05) is 23.7 Å². The van der Waals surface area contributed by atoms with Crippen LogP contribution in [0.1, 0.15) is 43.0 Å². The van der Waals surface area contributed by atoms with Crippen LogP contribution < -0.4 is 5.32 Å². The van der Waals surface area contributed by atoms with Crippen molar-refractivity contribution in [2.45, 2.75) is 38.6 Å². The zero-order valence-electron chi connectivity index (χ0n) is 11.6. The lowest BCUT2D eigenvalue weighted by Crippen LogP contribution is -2.34. The van der Waals surface area contributed by atoms with Crippen LogP contribution in [0.3, 0.4) is 0 Å². The van der Waals surface area contributed by atoms with Gasteiger partial charge in [0.1, 0.15) is 0 Å². The summed E-state index contributed by atoms with van der Waals surface area (Å²) >= 11 is 1.59. The Bertz CT molecular complexity index is 659. The SMILES string of the molecule is C[C@H](NC(=O)c1ccc2scnc2c1)C1=CCCCC1. The molecule has 2 aromatic rings. The average molecular weight is 286 g/mol. The summed E-state index contributed by atoms with van der Waals surface area (Å²) < 4.78 is 1.12. The van der Waals surface area contributed by atoms with E-state index in [0.717, 1.165) is 23.1 Å². The third-order valence-corrected chi connectivity index (χ3v) is 4.63. The van der Waals surface area contributed by atoms with Gasteiger partial charge in [-0.15, -0.1) is 11.3 Å². The Balaban J connectivity index is 1.73. The lowest BCUT2D eigenvalue weighted by atomic mass is 9.94. The maximum atomic E-state index is 12.3. The number of carbonyl (C=O) groups excluding carboxylic acids is 1. The number of aromatic nitrogens is 1. The van der Waals surface area contributed by atoms with Crippen LogP contribution in [0.25, 0.3) is 10.2 Å². The van der Waals surface area contributed by atoms with E-state index in [1.54, 1.807) is 11.3 Å². The number of allylic oxidation sites excluding steroid dienone is 1. The highest BCUT2D eigenvalue weighted by atomic mass is 32.1.